The van der Waals surface area contributed by atoms with E-state index < -0.39 is 0 Å². The minimum Gasteiger partial charge on any atom is -0.291 e. The van der Waals surface area contributed by atoms with Crippen LogP contribution in [0, 0.1) is 0 Å². The average Bonchev–Trinajstić information content (AvgIpc) is 2.21. The van der Waals surface area contributed by atoms with Crippen LogP contribution >= 0.6 is 11.6 Å². The molecule has 0 saturated carbocycles. The van der Waals surface area contributed by atoms with Gasteiger partial charge in [-0.2, -0.15) is 0 Å². The Hall–Kier alpha value is -0.0400. The highest BCUT2D eigenvalue weighted by molar-refractivity contribution is 6.17. The van der Waals surface area contributed by atoms with E-state index in [2.05, 4.69) is 0 Å². The Balaban J connectivity index is 2.81. The molecule has 0 aliphatic rings. The second-order valence-electron chi connectivity index (χ2n) is 3.77. The first-order valence-corrected chi connectivity index (χ1v) is 6.36. The number of hydrogen-bond acceptors (Lipinski definition) is 1. The van der Waals surface area contributed by atoms with Crippen LogP contribution in [0.5, 0.6) is 0 Å². The number of halogens is 1. The largest absolute Gasteiger partial charge is 0.291 e. The first-order chi connectivity index (χ1) is 6.91. The topological polar surface area (TPSA) is 17.1 Å². The van der Waals surface area contributed by atoms with E-state index in [9.17, 15) is 4.79 Å². The monoisotopic (exact) mass is 217 g/mol. The van der Waals surface area contributed by atoms with E-state index in [1.54, 1.807) is 0 Å². The summed E-state index contributed by atoms with van der Waals surface area (Å²) in [6.45, 7) is 0. The van der Waals surface area contributed by atoms with Gasteiger partial charge in [-0.1, -0.05) is 44.9 Å². The lowest BCUT2D eigenvalue weighted by Crippen LogP contribution is -1.82. The highest BCUT2D eigenvalue weighted by Crippen LogP contribution is 2.10. The summed E-state index contributed by atoms with van der Waals surface area (Å²) < 4.78 is 0. The molecule has 83 valence electrons. The Morgan fingerprint density at radius 1 is 0.714 bits per heavy atom. The van der Waals surface area contributed by atoms with Gasteiger partial charge >= 0.3 is 0 Å². The smallest absolute Gasteiger partial charge is 0.198 e. The highest BCUT2D eigenvalue weighted by Gasteiger charge is 1.92. The molecule has 0 fully saturated rings. The lowest BCUT2D eigenvalue weighted by Gasteiger charge is -2.00. The van der Waals surface area contributed by atoms with Crippen LogP contribution in [0.15, 0.2) is 0 Å². The molecule has 0 unspecified atom stereocenters. The molecule has 14 heavy (non-hydrogen) atoms. The maximum Gasteiger partial charge on any atom is 0.198 e. The molecule has 0 atom stereocenters. The van der Waals surface area contributed by atoms with Gasteiger partial charge in [0.1, 0.15) is 0 Å². The molecule has 0 aromatic rings. The molecule has 0 saturated heterocycles. The van der Waals surface area contributed by atoms with Gasteiger partial charge in [0.25, 0.3) is 0 Å². The third kappa shape index (κ3) is 12.0. The lowest BCUT2D eigenvalue weighted by atomic mass is 10.1. The predicted molar refractivity (Wildman–Crippen MR) is 62.6 cm³/mol. The third-order valence-corrected chi connectivity index (χ3v) is 2.68. The molecule has 1 nitrogen and oxygen atoms in total. The van der Waals surface area contributed by atoms with Crippen LogP contribution in [-0.4, -0.2) is 12.2 Å². The zero-order valence-electron chi connectivity index (χ0n) is 9.06. The van der Waals surface area contributed by atoms with Crippen molar-refractivity contribution in [3.05, 3.63) is 0 Å². The second kappa shape index (κ2) is 13.0. The van der Waals surface area contributed by atoms with Crippen LogP contribution in [0.25, 0.3) is 0 Å². The molecule has 0 aliphatic carbocycles. The van der Waals surface area contributed by atoms with E-state index in [-0.39, 0.29) is 0 Å². The fraction of sp³-hybridized carbons (Fsp3) is 0.917. The van der Waals surface area contributed by atoms with Crippen molar-refractivity contribution < 1.29 is 4.79 Å². The highest BCUT2D eigenvalue weighted by atomic mass is 35.5. The molecule has 0 amide bonds. The fourth-order valence-electron chi connectivity index (χ4n) is 1.53. The van der Waals surface area contributed by atoms with Gasteiger partial charge in [-0.15, -0.1) is 11.6 Å². The van der Waals surface area contributed by atoms with E-state index in [1.165, 1.54) is 44.9 Å². The van der Waals surface area contributed by atoms with Crippen LogP contribution in [-0.2, 0) is 4.79 Å². The number of unbranched alkanes of at least 4 members (excludes halogenated alkanes) is 9. The standard InChI is InChI=1S/C12H22ClO/c13-11-9-7-5-3-1-2-4-6-8-10-12-14/h1-11H2. The Bertz CT molecular complexity index is 115. The lowest BCUT2D eigenvalue weighted by molar-refractivity contribution is 0.538. The molecule has 2 heteroatoms. The van der Waals surface area contributed by atoms with E-state index >= 15 is 0 Å². The van der Waals surface area contributed by atoms with Gasteiger partial charge in [0.15, 0.2) is 6.29 Å². The molecule has 1 radical (unpaired) electrons. The summed E-state index contributed by atoms with van der Waals surface area (Å²) in [4.78, 5) is 9.90. The molecule has 0 spiro atoms. The minimum absolute atomic E-state index is 0.621. The molecular formula is C12H22ClO. The molecule has 0 aromatic heterocycles. The quantitative estimate of drug-likeness (QED) is 0.374. The van der Waals surface area contributed by atoms with Crippen LogP contribution in [0.4, 0.5) is 0 Å². The van der Waals surface area contributed by atoms with E-state index in [1.807, 2.05) is 6.29 Å². The summed E-state index contributed by atoms with van der Waals surface area (Å²) in [7, 11) is 0. The zero-order valence-corrected chi connectivity index (χ0v) is 9.82. The average molecular weight is 218 g/mol. The summed E-state index contributed by atoms with van der Waals surface area (Å²) in [5.74, 6) is 0.808. The minimum atomic E-state index is 0.621. The zero-order chi connectivity index (χ0) is 10.5. The van der Waals surface area contributed by atoms with Gasteiger partial charge in [0.2, 0.25) is 0 Å². The molecule has 0 aromatic carbocycles. The Labute approximate surface area is 93.2 Å². The van der Waals surface area contributed by atoms with Gasteiger partial charge in [0, 0.05) is 12.3 Å². The van der Waals surface area contributed by atoms with Crippen molar-refractivity contribution in [2.45, 2.75) is 64.2 Å². The second-order valence-corrected chi connectivity index (χ2v) is 4.14. The van der Waals surface area contributed by atoms with Crippen LogP contribution < -0.4 is 0 Å². The van der Waals surface area contributed by atoms with Crippen molar-refractivity contribution in [3.8, 4) is 0 Å². The van der Waals surface area contributed by atoms with Gasteiger partial charge in [-0.05, 0) is 12.8 Å². The number of hydrogen-bond donors (Lipinski definition) is 0. The molecule has 0 aliphatic heterocycles. The SMILES string of the molecule is O=[C]CCCCCCCCCCCCl. The van der Waals surface area contributed by atoms with Crippen molar-refractivity contribution in [1.29, 1.82) is 0 Å². The number of alkyl halides is 1. The predicted octanol–water partition coefficient (Wildman–Crippen LogP) is 4.24. The fourth-order valence-corrected chi connectivity index (χ4v) is 1.72. The Morgan fingerprint density at radius 3 is 1.57 bits per heavy atom. The van der Waals surface area contributed by atoms with Crippen molar-refractivity contribution in [3.63, 3.8) is 0 Å². The van der Waals surface area contributed by atoms with E-state index in [4.69, 9.17) is 11.6 Å². The summed E-state index contributed by atoms with van der Waals surface area (Å²) in [6.07, 6.45) is 13.8. The summed E-state index contributed by atoms with van der Waals surface area (Å²) in [6, 6.07) is 0. The van der Waals surface area contributed by atoms with Crippen molar-refractivity contribution in [1.82, 2.24) is 0 Å². The molecular weight excluding hydrogens is 196 g/mol. The number of rotatable bonds is 11. The number of carbonyl (C=O) groups excluding carboxylic acids is 1. The van der Waals surface area contributed by atoms with E-state index in [0.29, 0.717) is 6.42 Å². The molecule has 0 rings (SSSR count). The van der Waals surface area contributed by atoms with Gasteiger partial charge in [-0.3, -0.25) is 4.79 Å². The van der Waals surface area contributed by atoms with Crippen LogP contribution in [0.3, 0.4) is 0 Å². The van der Waals surface area contributed by atoms with Gasteiger partial charge in [0.05, 0.1) is 0 Å². The third-order valence-electron chi connectivity index (χ3n) is 2.41. The molecule has 0 heterocycles. The maximum atomic E-state index is 9.90. The van der Waals surface area contributed by atoms with Crippen molar-refractivity contribution >= 4 is 17.9 Å². The van der Waals surface area contributed by atoms with Crippen molar-refractivity contribution in [2.24, 2.45) is 0 Å². The normalized spacial score (nSPS) is 10.4. The van der Waals surface area contributed by atoms with Crippen LogP contribution in [0.2, 0.25) is 0 Å². The Kier molecular flexibility index (Phi) is 12.9. The summed E-state index contributed by atoms with van der Waals surface area (Å²) >= 11 is 5.58. The van der Waals surface area contributed by atoms with Gasteiger partial charge in [-0.25, -0.2) is 0 Å². The maximum absolute atomic E-state index is 9.90. The molecule has 0 bridgehead atoms. The Morgan fingerprint density at radius 2 is 1.14 bits per heavy atom. The first-order valence-electron chi connectivity index (χ1n) is 5.82. The van der Waals surface area contributed by atoms with E-state index in [0.717, 1.165) is 18.7 Å². The summed E-state index contributed by atoms with van der Waals surface area (Å²) in [5.41, 5.74) is 0. The van der Waals surface area contributed by atoms with Gasteiger partial charge < -0.3 is 0 Å². The van der Waals surface area contributed by atoms with Crippen LogP contribution in [0.1, 0.15) is 64.2 Å². The van der Waals surface area contributed by atoms with Crippen molar-refractivity contribution in [2.75, 3.05) is 5.88 Å². The summed E-state index contributed by atoms with van der Waals surface area (Å²) in [5, 5.41) is 0. The molecule has 0 N–H and O–H groups in total. The first kappa shape index (κ1) is 14.0.